The van der Waals surface area contributed by atoms with E-state index in [1.54, 1.807) is 12.1 Å². The zero-order chi connectivity index (χ0) is 14.0. The van der Waals surface area contributed by atoms with Crippen LogP contribution < -0.4 is 10.2 Å². The van der Waals surface area contributed by atoms with Crippen LogP contribution in [0.3, 0.4) is 0 Å². The minimum atomic E-state index is -0.232. The van der Waals surface area contributed by atoms with Gasteiger partial charge in [0.15, 0.2) is 0 Å². The minimum Gasteiger partial charge on any atom is -0.364 e. The molecular formula is C15H22ClFN2. The first-order chi connectivity index (χ1) is 9.02. The van der Waals surface area contributed by atoms with Crippen molar-refractivity contribution in [3.8, 4) is 0 Å². The van der Waals surface area contributed by atoms with Crippen LogP contribution in [0, 0.1) is 11.7 Å². The number of hydrogen-bond donors (Lipinski definition) is 1. The molecule has 4 heteroatoms. The lowest BCUT2D eigenvalue weighted by atomic mass is 9.95. The molecule has 0 amide bonds. The molecular weight excluding hydrogens is 263 g/mol. The largest absolute Gasteiger partial charge is 0.364 e. The van der Waals surface area contributed by atoms with E-state index in [4.69, 9.17) is 11.6 Å². The summed E-state index contributed by atoms with van der Waals surface area (Å²) in [4.78, 5) is 2.15. The lowest BCUT2D eigenvalue weighted by Gasteiger charge is -2.42. The van der Waals surface area contributed by atoms with Crippen LogP contribution in [0.1, 0.15) is 27.2 Å². The van der Waals surface area contributed by atoms with Gasteiger partial charge >= 0.3 is 0 Å². The molecule has 3 unspecified atom stereocenters. The second-order valence-corrected chi connectivity index (χ2v) is 5.93. The monoisotopic (exact) mass is 284 g/mol. The highest BCUT2D eigenvalue weighted by molar-refractivity contribution is 6.30. The minimum absolute atomic E-state index is 0.232. The van der Waals surface area contributed by atoms with Crippen LogP contribution in [0.5, 0.6) is 0 Å². The van der Waals surface area contributed by atoms with Crippen LogP contribution in [-0.2, 0) is 0 Å². The van der Waals surface area contributed by atoms with E-state index in [-0.39, 0.29) is 11.9 Å². The number of benzene rings is 1. The van der Waals surface area contributed by atoms with Gasteiger partial charge in [0.25, 0.3) is 0 Å². The van der Waals surface area contributed by atoms with Crippen LogP contribution in [0.25, 0.3) is 0 Å². The Bertz CT molecular complexity index is 438. The number of anilines is 1. The summed E-state index contributed by atoms with van der Waals surface area (Å²) in [7, 11) is 0. The third-order valence-corrected chi connectivity index (χ3v) is 4.39. The van der Waals surface area contributed by atoms with Crippen molar-refractivity contribution in [2.45, 2.75) is 39.3 Å². The highest BCUT2D eigenvalue weighted by Crippen LogP contribution is 2.27. The predicted octanol–water partition coefficient (Wildman–Crippen LogP) is 3.69. The maximum Gasteiger partial charge on any atom is 0.147 e. The van der Waals surface area contributed by atoms with Crippen molar-refractivity contribution in [2.24, 2.45) is 5.92 Å². The number of nitrogens with one attached hydrogen (secondary N) is 1. The van der Waals surface area contributed by atoms with E-state index in [9.17, 15) is 4.39 Å². The Labute approximate surface area is 119 Å². The second kappa shape index (κ2) is 6.10. The zero-order valence-electron chi connectivity index (χ0n) is 11.8. The Morgan fingerprint density at radius 1 is 1.53 bits per heavy atom. The molecule has 0 saturated carbocycles. The molecule has 1 aromatic carbocycles. The van der Waals surface area contributed by atoms with Crippen molar-refractivity contribution in [1.82, 2.24) is 5.32 Å². The van der Waals surface area contributed by atoms with Crippen LogP contribution in [-0.4, -0.2) is 25.2 Å². The van der Waals surface area contributed by atoms with Gasteiger partial charge in [-0.05, 0) is 31.0 Å². The molecule has 0 aliphatic carbocycles. The summed E-state index contributed by atoms with van der Waals surface area (Å²) in [6, 6.07) is 5.64. The molecule has 1 aliphatic rings. The van der Waals surface area contributed by atoms with E-state index in [0.717, 1.165) is 19.5 Å². The number of nitrogens with zero attached hydrogens (tertiary/aromatic N) is 1. The van der Waals surface area contributed by atoms with Crippen molar-refractivity contribution < 1.29 is 4.39 Å². The number of hydrogen-bond acceptors (Lipinski definition) is 2. The Balaban J connectivity index is 2.21. The number of rotatable bonds is 3. The van der Waals surface area contributed by atoms with Gasteiger partial charge in [-0.2, -0.15) is 0 Å². The van der Waals surface area contributed by atoms with Gasteiger partial charge in [-0.25, -0.2) is 4.39 Å². The number of piperazine rings is 1. The van der Waals surface area contributed by atoms with Crippen molar-refractivity contribution in [1.29, 1.82) is 0 Å². The Kier molecular flexibility index (Phi) is 4.69. The van der Waals surface area contributed by atoms with Gasteiger partial charge < -0.3 is 10.2 Å². The van der Waals surface area contributed by atoms with Gasteiger partial charge in [0, 0.05) is 30.2 Å². The fourth-order valence-corrected chi connectivity index (χ4v) is 2.76. The molecule has 0 spiro atoms. The van der Waals surface area contributed by atoms with Crippen LogP contribution in [0.2, 0.25) is 5.02 Å². The lowest BCUT2D eigenvalue weighted by molar-refractivity contribution is 0.314. The fourth-order valence-electron chi connectivity index (χ4n) is 2.60. The first-order valence-corrected chi connectivity index (χ1v) is 7.35. The van der Waals surface area contributed by atoms with Crippen LogP contribution >= 0.6 is 11.6 Å². The smallest absolute Gasteiger partial charge is 0.147 e. The quantitative estimate of drug-likeness (QED) is 0.911. The topological polar surface area (TPSA) is 15.3 Å². The molecule has 1 aromatic rings. The van der Waals surface area contributed by atoms with Gasteiger partial charge in [0.2, 0.25) is 0 Å². The highest BCUT2D eigenvalue weighted by Gasteiger charge is 2.29. The van der Waals surface area contributed by atoms with E-state index in [0.29, 0.717) is 22.7 Å². The molecule has 106 valence electrons. The normalized spacial score (nSPS) is 25.4. The lowest BCUT2D eigenvalue weighted by Crippen LogP contribution is -2.57. The molecule has 3 atom stereocenters. The third kappa shape index (κ3) is 3.21. The molecule has 1 N–H and O–H groups in total. The Morgan fingerprint density at radius 3 is 2.89 bits per heavy atom. The van der Waals surface area contributed by atoms with Gasteiger partial charge in [0.1, 0.15) is 5.82 Å². The van der Waals surface area contributed by atoms with Gasteiger partial charge in [-0.3, -0.25) is 0 Å². The third-order valence-electron chi connectivity index (χ3n) is 4.15. The Hall–Kier alpha value is -0.800. The summed E-state index contributed by atoms with van der Waals surface area (Å²) in [5, 5.41) is 4.01. The molecule has 1 heterocycles. The summed E-state index contributed by atoms with van der Waals surface area (Å²) in [6.07, 6.45) is 1.13. The van der Waals surface area contributed by atoms with Gasteiger partial charge in [-0.15, -0.1) is 0 Å². The van der Waals surface area contributed by atoms with Gasteiger partial charge in [0.05, 0.1) is 5.69 Å². The summed E-state index contributed by atoms with van der Waals surface area (Å²) in [6.45, 7) is 8.28. The van der Waals surface area contributed by atoms with Gasteiger partial charge in [-0.1, -0.05) is 31.9 Å². The average molecular weight is 285 g/mol. The van der Waals surface area contributed by atoms with Crippen LogP contribution in [0.4, 0.5) is 10.1 Å². The van der Waals surface area contributed by atoms with Crippen LogP contribution in [0.15, 0.2) is 18.2 Å². The van der Waals surface area contributed by atoms with E-state index < -0.39 is 0 Å². The maximum absolute atomic E-state index is 14.1. The predicted molar refractivity (Wildman–Crippen MR) is 79.5 cm³/mol. The van der Waals surface area contributed by atoms with E-state index in [2.05, 4.69) is 31.0 Å². The molecule has 19 heavy (non-hydrogen) atoms. The SMILES string of the molecule is CCC(C)C1CN(c2ccc(Cl)cc2F)C(C)CN1. The molecule has 0 radical (unpaired) electrons. The molecule has 2 nitrogen and oxygen atoms in total. The summed E-state index contributed by atoms with van der Waals surface area (Å²) in [5.74, 6) is 0.356. The standard InChI is InChI=1S/C15H22ClFN2/c1-4-10(2)14-9-19(11(3)8-18-14)15-6-5-12(16)7-13(15)17/h5-7,10-11,14,18H,4,8-9H2,1-3H3. The molecule has 1 aliphatic heterocycles. The fraction of sp³-hybridized carbons (Fsp3) is 0.600. The molecule has 0 aromatic heterocycles. The van der Waals surface area contributed by atoms with E-state index in [1.807, 2.05) is 0 Å². The van der Waals surface area contributed by atoms with Crippen molar-refractivity contribution >= 4 is 17.3 Å². The summed E-state index contributed by atoms with van der Waals surface area (Å²) in [5.41, 5.74) is 0.659. The molecule has 2 rings (SSSR count). The van der Waals surface area contributed by atoms with E-state index >= 15 is 0 Å². The summed E-state index contributed by atoms with van der Waals surface area (Å²) >= 11 is 5.82. The van der Waals surface area contributed by atoms with E-state index in [1.165, 1.54) is 6.07 Å². The average Bonchev–Trinajstić information content (AvgIpc) is 2.39. The van der Waals surface area contributed by atoms with Crippen molar-refractivity contribution in [2.75, 3.05) is 18.0 Å². The zero-order valence-corrected chi connectivity index (χ0v) is 12.5. The molecule has 1 fully saturated rings. The first-order valence-electron chi connectivity index (χ1n) is 6.98. The van der Waals surface area contributed by atoms with Crippen molar-refractivity contribution in [3.63, 3.8) is 0 Å². The van der Waals surface area contributed by atoms with Crippen molar-refractivity contribution in [3.05, 3.63) is 29.0 Å². The second-order valence-electron chi connectivity index (χ2n) is 5.50. The summed E-state index contributed by atoms with van der Waals surface area (Å²) < 4.78 is 14.1. The molecule has 1 saturated heterocycles. The Morgan fingerprint density at radius 2 is 2.26 bits per heavy atom. The number of halogens is 2. The molecule has 0 bridgehead atoms. The first kappa shape index (κ1) is 14.6. The highest BCUT2D eigenvalue weighted by atomic mass is 35.5. The maximum atomic E-state index is 14.1.